The summed E-state index contributed by atoms with van der Waals surface area (Å²) in [6.07, 6.45) is 2.94. The van der Waals surface area contributed by atoms with E-state index in [2.05, 4.69) is 12.2 Å². The Morgan fingerprint density at radius 2 is 2.24 bits per heavy atom. The van der Waals surface area contributed by atoms with Crippen LogP contribution in [0, 0.1) is 0 Å². The molecule has 0 amide bonds. The molecule has 4 nitrogen and oxygen atoms in total. The van der Waals surface area contributed by atoms with Gasteiger partial charge < -0.3 is 15.2 Å². The second kappa shape index (κ2) is 5.68. The molecule has 1 unspecified atom stereocenters. The number of ether oxygens (including phenoxy) is 1. The fourth-order valence-corrected chi connectivity index (χ4v) is 3.65. The van der Waals surface area contributed by atoms with Gasteiger partial charge in [-0.05, 0) is 37.4 Å². The summed E-state index contributed by atoms with van der Waals surface area (Å²) in [7, 11) is 0. The Bertz CT molecular complexity index is 555. The van der Waals surface area contributed by atoms with E-state index < -0.39 is 6.10 Å². The van der Waals surface area contributed by atoms with E-state index in [-0.39, 0.29) is 17.5 Å². The highest BCUT2D eigenvalue weighted by Crippen LogP contribution is 2.47. The first kappa shape index (κ1) is 14.4. The summed E-state index contributed by atoms with van der Waals surface area (Å²) in [5.41, 5.74) is 2.22. The molecule has 21 heavy (non-hydrogen) atoms. The molecule has 3 rings (SSSR count). The fourth-order valence-electron chi connectivity index (χ4n) is 3.65. The van der Waals surface area contributed by atoms with Crippen LogP contribution in [0.25, 0.3) is 0 Å². The highest BCUT2D eigenvalue weighted by atomic mass is 16.5. The monoisotopic (exact) mass is 289 g/mol. The van der Waals surface area contributed by atoms with Crippen LogP contribution >= 0.6 is 0 Å². The summed E-state index contributed by atoms with van der Waals surface area (Å²) in [6, 6.07) is 4.04. The molecule has 1 aromatic carbocycles. The molecule has 0 aromatic heterocycles. The van der Waals surface area contributed by atoms with E-state index in [1.54, 1.807) is 6.07 Å². The number of hydrogen-bond acceptors (Lipinski definition) is 4. The number of nitrogens with one attached hydrogen (secondary N) is 1. The summed E-state index contributed by atoms with van der Waals surface area (Å²) in [6.45, 7) is 5.06. The van der Waals surface area contributed by atoms with Gasteiger partial charge in [0, 0.05) is 23.9 Å². The van der Waals surface area contributed by atoms with Crippen molar-refractivity contribution in [3.8, 4) is 11.5 Å². The molecular formula is C17H23NO3. The number of carbonyl (C=O) groups excluding carboxylic acids is 1. The zero-order valence-electron chi connectivity index (χ0n) is 12.7. The Hall–Kier alpha value is -1.55. The molecule has 114 valence electrons. The van der Waals surface area contributed by atoms with Crippen molar-refractivity contribution < 1.29 is 14.6 Å². The molecule has 2 aliphatic rings. The van der Waals surface area contributed by atoms with Crippen molar-refractivity contribution in [2.45, 2.75) is 57.6 Å². The maximum absolute atomic E-state index is 12.4. The van der Waals surface area contributed by atoms with Gasteiger partial charge in [-0.15, -0.1) is 0 Å². The standard InChI is InChI=1S/C17H23NO3/c1-3-18-12-5-4-6-13(19)16-10(2)15-11(9-12)7-8-14(20)17(15)21-16/h7-8,10,12,16,18,20H,3-6,9H2,1-2H3/t10?,12-,16+/m0/s1. The number of phenolic OH excluding ortho intramolecular Hbond substituents is 1. The molecule has 3 atom stereocenters. The van der Waals surface area contributed by atoms with Crippen molar-refractivity contribution in [3.05, 3.63) is 23.3 Å². The summed E-state index contributed by atoms with van der Waals surface area (Å²) >= 11 is 0. The normalized spacial score (nSPS) is 28.3. The zero-order valence-corrected chi connectivity index (χ0v) is 12.7. The van der Waals surface area contributed by atoms with Gasteiger partial charge in [-0.3, -0.25) is 4.79 Å². The Balaban J connectivity index is 2.03. The average Bonchev–Trinajstić information content (AvgIpc) is 2.80. The van der Waals surface area contributed by atoms with E-state index in [4.69, 9.17) is 4.74 Å². The van der Waals surface area contributed by atoms with Gasteiger partial charge in [-0.1, -0.05) is 19.9 Å². The van der Waals surface area contributed by atoms with Gasteiger partial charge in [-0.25, -0.2) is 0 Å². The molecule has 1 aromatic rings. The summed E-state index contributed by atoms with van der Waals surface area (Å²) in [4.78, 5) is 12.4. The minimum absolute atomic E-state index is 0.0231. The Morgan fingerprint density at radius 1 is 1.43 bits per heavy atom. The molecule has 2 bridgehead atoms. The van der Waals surface area contributed by atoms with Crippen LogP contribution in [0.3, 0.4) is 0 Å². The molecule has 1 aliphatic carbocycles. The number of Topliss-reactive ketones (excluding diaryl/α,β-unsaturated/α-hetero) is 1. The molecule has 1 heterocycles. The topological polar surface area (TPSA) is 58.6 Å². The number of ketones is 1. The first-order valence-electron chi connectivity index (χ1n) is 7.89. The Kier molecular flexibility index (Phi) is 3.89. The zero-order chi connectivity index (χ0) is 15.0. The number of benzene rings is 1. The molecule has 1 aliphatic heterocycles. The predicted molar refractivity (Wildman–Crippen MR) is 81.0 cm³/mol. The third-order valence-electron chi connectivity index (χ3n) is 4.67. The lowest BCUT2D eigenvalue weighted by Gasteiger charge is -2.22. The number of fused-ring (bicyclic) bond motifs is 1. The van der Waals surface area contributed by atoms with Crippen LogP contribution in [-0.2, 0) is 11.2 Å². The maximum Gasteiger partial charge on any atom is 0.173 e. The van der Waals surface area contributed by atoms with Crippen molar-refractivity contribution in [2.75, 3.05) is 6.54 Å². The smallest absolute Gasteiger partial charge is 0.173 e. The largest absolute Gasteiger partial charge is 0.504 e. The molecule has 2 N–H and O–H groups in total. The van der Waals surface area contributed by atoms with Gasteiger partial charge in [0.2, 0.25) is 0 Å². The average molecular weight is 289 g/mol. The molecule has 0 radical (unpaired) electrons. The molecule has 0 saturated heterocycles. The quantitative estimate of drug-likeness (QED) is 0.878. The van der Waals surface area contributed by atoms with Gasteiger partial charge >= 0.3 is 0 Å². The SMILES string of the molecule is CCN[C@H]1CCCC(=O)[C@@H]2Oc3c(O)ccc(c3C2C)C1. The fraction of sp³-hybridized carbons (Fsp3) is 0.588. The lowest BCUT2D eigenvalue weighted by Crippen LogP contribution is -2.33. The Morgan fingerprint density at radius 3 is 3.00 bits per heavy atom. The number of rotatable bonds is 2. The minimum Gasteiger partial charge on any atom is -0.504 e. The third-order valence-corrected chi connectivity index (χ3v) is 4.67. The number of carbonyl (C=O) groups is 1. The highest BCUT2D eigenvalue weighted by Gasteiger charge is 2.39. The van der Waals surface area contributed by atoms with E-state index in [1.165, 1.54) is 5.56 Å². The van der Waals surface area contributed by atoms with Gasteiger partial charge in [-0.2, -0.15) is 0 Å². The van der Waals surface area contributed by atoms with Crippen molar-refractivity contribution in [3.63, 3.8) is 0 Å². The number of aromatic hydroxyl groups is 1. The van der Waals surface area contributed by atoms with Crippen molar-refractivity contribution in [1.82, 2.24) is 5.32 Å². The van der Waals surface area contributed by atoms with Gasteiger partial charge in [0.15, 0.2) is 23.4 Å². The van der Waals surface area contributed by atoms with E-state index in [9.17, 15) is 9.90 Å². The molecule has 0 fully saturated rings. The summed E-state index contributed by atoms with van der Waals surface area (Å²) in [5.74, 6) is 0.849. The second-order valence-electron chi connectivity index (χ2n) is 6.13. The lowest BCUT2D eigenvalue weighted by atomic mass is 9.85. The summed E-state index contributed by atoms with van der Waals surface area (Å²) < 4.78 is 5.81. The van der Waals surface area contributed by atoms with E-state index >= 15 is 0 Å². The number of likely N-dealkylation sites (N-methyl/N-ethyl adjacent to an activating group) is 1. The first-order chi connectivity index (χ1) is 10.1. The van der Waals surface area contributed by atoms with Gasteiger partial charge in [0.05, 0.1) is 0 Å². The van der Waals surface area contributed by atoms with Crippen LogP contribution in [-0.4, -0.2) is 29.6 Å². The van der Waals surface area contributed by atoms with Crippen LogP contribution in [0.4, 0.5) is 0 Å². The highest BCUT2D eigenvalue weighted by molar-refractivity contribution is 5.86. The van der Waals surface area contributed by atoms with E-state index in [0.717, 1.165) is 31.4 Å². The summed E-state index contributed by atoms with van der Waals surface area (Å²) in [5, 5.41) is 13.6. The Labute approximate surface area is 125 Å². The van der Waals surface area contributed by atoms with Crippen molar-refractivity contribution in [2.24, 2.45) is 0 Å². The molecule has 4 heteroatoms. The van der Waals surface area contributed by atoms with Crippen molar-refractivity contribution in [1.29, 1.82) is 0 Å². The van der Waals surface area contributed by atoms with Gasteiger partial charge in [0.25, 0.3) is 0 Å². The molecule has 0 spiro atoms. The van der Waals surface area contributed by atoms with Crippen LogP contribution in [0.5, 0.6) is 11.5 Å². The molecule has 0 saturated carbocycles. The van der Waals surface area contributed by atoms with E-state index in [1.807, 2.05) is 13.0 Å². The maximum atomic E-state index is 12.4. The first-order valence-corrected chi connectivity index (χ1v) is 7.89. The van der Waals surface area contributed by atoms with Crippen molar-refractivity contribution >= 4 is 5.78 Å². The second-order valence-corrected chi connectivity index (χ2v) is 6.13. The number of phenols is 1. The molecular weight excluding hydrogens is 266 g/mol. The minimum atomic E-state index is -0.428. The van der Waals surface area contributed by atoms with Gasteiger partial charge in [0.1, 0.15) is 0 Å². The number of hydrogen-bond donors (Lipinski definition) is 2. The van der Waals surface area contributed by atoms with E-state index in [0.29, 0.717) is 18.2 Å². The third kappa shape index (κ3) is 2.53. The van der Waals surface area contributed by atoms with Crippen LogP contribution in [0.15, 0.2) is 12.1 Å². The van der Waals surface area contributed by atoms with Crippen LogP contribution in [0.1, 0.15) is 50.2 Å². The lowest BCUT2D eigenvalue weighted by molar-refractivity contribution is -0.125. The predicted octanol–water partition coefficient (Wildman–Crippen LogP) is 2.53. The van der Waals surface area contributed by atoms with Crippen LogP contribution in [0.2, 0.25) is 0 Å². The van der Waals surface area contributed by atoms with Crippen LogP contribution < -0.4 is 10.1 Å².